The molecule has 0 amide bonds. The molecule has 4 atom stereocenters. The summed E-state index contributed by atoms with van der Waals surface area (Å²) < 4.78 is 0. The van der Waals surface area contributed by atoms with E-state index < -0.39 is 0 Å². The summed E-state index contributed by atoms with van der Waals surface area (Å²) in [7, 11) is 0. The van der Waals surface area contributed by atoms with Gasteiger partial charge in [0.1, 0.15) is 5.82 Å². The lowest BCUT2D eigenvalue weighted by Gasteiger charge is -2.26. The Morgan fingerprint density at radius 3 is 3.00 bits per heavy atom. The van der Waals surface area contributed by atoms with E-state index in [0.717, 1.165) is 30.1 Å². The minimum Gasteiger partial charge on any atom is -0.347 e. The van der Waals surface area contributed by atoms with Crippen LogP contribution in [-0.2, 0) is 0 Å². The third-order valence-corrected chi connectivity index (χ3v) is 4.91. The first-order chi connectivity index (χ1) is 8.86. The Morgan fingerprint density at radius 2 is 2.39 bits per heavy atom. The second kappa shape index (κ2) is 5.43. The summed E-state index contributed by atoms with van der Waals surface area (Å²) in [6, 6.07) is 0.435. The zero-order valence-corrected chi connectivity index (χ0v) is 11.4. The summed E-state index contributed by atoms with van der Waals surface area (Å²) >= 11 is 0. The highest BCUT2D eigenvalue weighted by molar-refractivity contribution is 4.99. The van der Waals surface area contributed by atoms with E-state index in [9.17, 15) is 0 Å². The second-order valence-electron chi connectivity index (χ2n) is 6.15. The lowest BCUT2D eigenvalue weighted by molar-refractivity contribution is 0.275. The summed E-state index contributed by atoms with van der Waals surface area (Å²) in [6.45, 7) is 3.32. The first-order valence-electron chi connectivity index (χ1n) is 7.59. The number of nitrogens with one attached hydrogen (secondary N) is 2. The van der Waals surface area contributed by atoms with Gasteiger partial charge >= 0.3 is 0 Å². The molecule has 1 aromatic rings. The molecule has 2 fully saturated rings. The molecule has 18 heavy (non-hydrogen) atoms. The number of aromatic nitrogens is 2. The number of hydrogen-bond acceptors (Lipinski definition) is 2. The monoisotopic (exact) mass is 247 g/mol. The Balaban J connectivity index is 1.62. The predicted octanol–water partition coefficient (Wildman–Crippen LogP) is 3.28. The molecule has 0 radical (unpaired) electrons. The summed E-state index contributed by atoms with van der Waals surface area (Å²) in [5.74, 6) is 4.12. The number of imidazole rings is 1. The van der Waals surface area contributed by atoms with Crippen molar-refractivity contribution in [3.05, 3.63) is 18.2 Å². The Kier molecular flexibility index (Phi) is 3.69. The fourth-order valence-electron chi connectivity index (χ4n) is 4.05. The van der Waals surface area contributed by atoms with Crippen LogP contribution in [-0.4, -0.2) is 16.5 Å². The highest BCUT2D eigenvalue weighted by atomic mass is 15.0. The van der Waals surface area contributed by atoms with Crippen molar-refractivity contribution in [2.45, 2.75) is 51.5 Å². The van der Waals surface area contributed by atoms with Crippen molar-refractivity contribution in [2.24, 2.45) is 17.8 Å². The van der Waals surface area contributed by atoms with Crippen LogP contribution in [0.1, 0.15) is 57.3 Å². The van der Waals surface area contributed by atoms with Crippen LogP contribution in [0.25, 0.3) is 0 Å². The van der Waals surface area contributed by atoms with Gasteiger partial charge in [0.15, 0.2) is 0 Å². The van der Waals surface area contributed by atoms with Crippen molar-refractivity contribution in [1.29, 1.82) is 0 Å². The average molecular weight is 247 g/mol. The minimum absolute atomic E-state index is 0.435. The maximum absolute atomic E-state index is 4.46. The van der Waals surface area contributed by atoms with Crippen LogP contribution in [0.5, 0.6) is 0 Å². The molecule has 4 unspecified atom stereocenters. The van der Waals surface area contributed by atoms with Crippen LogP contribution >= 0.6 is 0 Å². The van der Waals surface area contributed by atoms with Crippen LogP contribution in [0.3, 0.4) is 0 Å². The van der Waals surface area contributed by atoms with Crippen molar-refractivity contribution in [1.82, 2.24) is 15.3 Å². The molecule has 0 spiro atoms. The molecule has 0 saturated heterocycles. The summed E-state index contributed by atoms with van der Waals surface area (Å²) in [6.07, 6.45) is 12.2. The molecular weight excluding hydrogens is 222 g/mol. The average Bonchev–Trinajstić information content (AvgIpc) is 3.09. The Bertz CT molecular complexity index is 360. The van der Waals surface area contributed by atoms with E-state index in [1.54, 1.807) is 0 Å². The van der Waals surface area contributed by atoms with Crippen LogP contribution in [0, 0.1) is 17.8 Å². The molecule has 100 valence electrons. The SMILES string of the molecule is CCCNC(CC1CC2CCC1C2)c1ncc[nH]1. The van der Waals surface area contributed by atoms with Crippen molar-refractivity contribution in [3.8, 4) is 0 Å². The normalized spacial score (nSPS) is 31.9. The molecule has 2 N–H and O–H groups in total. The van der Waals surface area contributed by atoms with Gasteiger partial charge in [0.2, 0.25) is 0 Å². The number of nitrogens with zero attached hydrogens (tertiary/aromatic N) is 1. The van der Waals surface area contributed by atoms with Crippen LogP contribution < -0.4 is 5.32 Å². The molecule has 3 nitrogen and oxygen atoms in total. The number of rotatable bonds is 6. The van der Waals surface area contributed by atoms with Crippen molar-refractivity contribution < 1.29 is 0 Å². The summed E-state index contributed by atoms with van der Waals surface area (Å²) in [5, 5.41) is 3.66. The van der Waals surface area contributed by atoms with Gasteiger partial charge in [0.05, 0.1) is 6.04 Å². The summed E-state index contributed by atoms with van der Waals surface area (Å²) in [5.41, 5.74) is 0. The zero-order valence-electron chi connectivity index (χ0n) is 11.4. The molecule has 1 aromatic heterocycles. The quantitative estimate of drug-likeness (QED) is 0.810. The molecule has 0 aliphatic heterocycles. The second-order valence-corrected chi connectivity index (χ2v) is 6.15. The molecule has 2 saturated carbocycles. The Labute approximate surface area is 110 Å². The molecule has 2 aliphatic rings. The maximum Gasteiger partial charge on any atom is 0.123 e. The minimum atomic E-state index is 0.435. The van der Waals surface area contributed by atoms with Gasteiger partial charge in [-0.15, -0.1) is 0 Å². The third kappa shape index (κ3) is 2.46. The van der Waals surface area contributed by atoms with E-state index in [1.807, 2.05) is 12.4 Å². The van der Waals surface area contributed by atoms with E-state index in [4.69, 9.17) is 0 Å². The standard InChI is InChI=1S/C15H25N3/c1-2-5-16-14(15-17-6-7-18-15)10-13-9-11-3-4-12(13)8-11/h6-7,11-14,16H,2-5,8-10H2,1H3,(H,17,18). The van der Waals surface area contributed by atoms with E-state index in [0.29, 0.717) is 6.04 Å². The highest BCUT2D eigenvalue weighted by Gasteiger charge is 2.40. The fourth-order valence-corrected chi connectivity index (χ4v) is 4.05. The van der Waals surface area contributed by atoms with Crippen LogP contribution in [0.15, 0.2) is 12.4 Å². The molecule has 2 aliphatic carbocycles. The van der Waals surface area contributed by atoms with Crippen LogP contribution in [0.4, 0.5) is 0 Å². The van der Waals surface area contributed by atoms with Gasteiger partial charge in [-0.3, -0.25) is 0 Å². The summed E-state index contributed by atoms with van der Waals surface area (Å²) in [4.78, 5) is 7.75. The van der Waals surface area contributed by atoms with Gasteiger partial charge < -0.3 is 10.3 Å². The lowest BCUT2D eigenvalue weighted by Crippen LogP contribution is -2.27. The Hall–Kier alpha value is -0.830. The number of aromatic amines is 1. The number of hydrogen-bond donors (Lipinski definition) is 2. The van der Waals surface area contributed by atoms with Gasteiger partial charge in [-0.1, -0.05) is 13.3 Å². The largest absolute Gasteiger partial charge is 0.347 e. The fraction of sp³-hybridized carbons (Fsp3) is 0.800. The first-order valence-corrected chi connectivity index (χ1v) is 7.59. The first kappa shape index (κ1) is 12.2. The topological polar surface area (TPSA) is 40.7 Å². The number of fused-ring (bicyclic) bond motifs is 2. The Morgan fingerprint density at radius 1 is 1.44 bits per heavy atom. The molecule has 1 heterocycles. The molecule has 3 rings (SSSR count). The van der Waals surface area contributed by atoms with Gasteiger partial charge in [0, 0.05) is 12.4 Å². The van der Waals surface area contributed by atoms with Crippen molar-refractivity contribution >= 4 is 0 Å². The van der Waals surface area contributed by atoms with Gasteiger partial charge in [-0.05, 0) is 56.4 Å². The van der Waals surface area contributed by atoms with Gasteiger partial charge in [-0.2, -0.15) is 0 Å². The van der Waals surface area contributed by atoms with Crippen molar-refractivity contribution in [3.63, 3.8) is 0 Å². The van der Waals surface area contributed by atoms with E-state index in [1.165, 1.54) is 38.5 Å². The van der Waals surface area contributed by atoms with E-state index in [2.05, 4.69) is 22.2 Å². The smallest absolute Gasteiger partial charge is 0.123 e. The van der Waals surface area contributed by atoms with Gasteiger partial charge in [0.25, 0.3) is 0 Å². The lowest BCUT2D eigenvalue weighted by atomic mass is 9.84. The van der Waals surface area contributed by atoms with Crippen molar-refractivity contribution in [2.75, 3.05) is 6.54 Å². The van der Waals surface area contributed by atoms with Crippen LogP contribution in [0.2, 0.25) is 0 Å². The molecule has 0 aromatic carbocycles. The third-order valence-electron chi connectivity index (χ3n) is 4.91. The van der Waals surface area contributed by atoms with E-state index >= 15 is 0 Å². The maximum atomic E-state index is 4.46. The van der Waals surface area contributed by atoms with Gasteiger partial charge in [-0.25, -0.2) is 4.98 Å². The predicted molar refractivity (Wildman–Crippen MR) is 73.2 cm³/mol. The zero-order chi connectivity index (χ0) is 12.4. The number of H-pyrrole nitrogens is 1. The molecular formula is C15H25N3. The van der Waals surface area contributed by atoms with E-state index in [-0.39, 0.29) is 0 Å². The molecule has 2 bridgehead atoms. The highest BCUT2D eigenvalue weighted by Crippen LogP contribution is 2.50. The molecule has 3 heteroatoms.